The molecule has 1 aliphatic heterocycles. The van der Waals surface area contributed by atoms with Gasteiger partial charge in [0.2, 0.25) is 0 Å². The second-order valence-electron chi connectivity index (χ2n) is 4.58. The van der Waals surface area contributed by atoms with Gasteiger partial charge in [0.15, 0.2) is 9.84 Å². The molecule has 0 spiro atoms. The van der Waals surface area contributed by atoms with Crippen LogP contribution in [0, 0.1) is 5.92 Å². The Balaban J connectivity index is 2.19. The summed E-state index contributed by atoms with van der Waals surface area (Å²) in [4.78, 5) is 0. The first kappa shape index (κ1) is 13.4. The standard InChI is InChI=1S/C12H14F2O3S/c13-12(14)9-3-1-2-8(6-9)11(15)10-4-5-18(16,17)7-10/h1-3,6,10-12,15H,4-5,7H2. The lowest BCUT2D eigenvalue weighted by Gasteiger charge is -2.17. The monoisotopic (exact) mass is 276 g/mol. The Morgan fingerprint density at radius 1 is 1.28 bits per heavy atom. The van der Waals surface area contributed by atoms with Crippen LogP contribution in [0.5, 0.6) is 0 Å². The number of alkyl halides is 2. The summed E-state index contributed by atoms with van der Waals surface area (Å²) in [7, 11) is -3.08. The largest absolute Gasteiger partial charge is 0.388 e. The molecule has 3 nitrogen and oxygen atoms in total. The fourth-order valence-electron chi connectivity index (χ4n) is 2.22. The van der Waals surface area contributed by atoms with Gasteiger partial charge in [-0.1, -0.05) is 18.2 Å². The summed E-state index contributed by atoms with van der Waals surface area (Å²) >= 11 is 0. The number of rotatable bonds is 3. The van der Waals surface area contributed by atoms with Crippen LogP contribution in [0.4, 0.5) is 8.78 Å². The van der Waals surface area contributed by atoms with Gasteiger partial charge in [0, 0.05) is 11.5 Å². The van der Waals surface area contributed by atoms with Gasteiger partial charge in [0.1, 0.15) is 0 Å². The predicted molar refractivity (Wildman–Crippen MR) is 63.1 cm³/mol. The van der Waals surface area contributed by atoms with E-state index < -0.39 is 28.3 Å². The summed E-state index contributed by atoms with van der Waals surface area (Å²) in [6, 6.07) is 5.51. The number of hydrogen-bond acceptors (Lipinski definition) is 3. The molecule has 1 saturated heterocycles. The lowest BCUT2D eigenvalue weighted by Crippen LogP contribution is -2.14. The second-order valence-corrected chi connectivity index (χ2v) is 6.81. The topological polar surface area (TPSA) is 54.4 Å². The highest BCUT2D eigenvalue weighted by Gasteiger charge is 2.33. The molecule has 1 fully saturated rings. The lowest BCUT2D eigenvalue weighted by molar-refractivity contribution is 0.119. The highest BCUT2D eigenvalue weighted by Crippen LogP contribution is 2.32. The average Bonchev–Trinajstić information content (AvgIpc) is 2.69. The van der Waals surface area contributed by atoms with E-state index in [-0.39, 0.29) is 17.1 Å². The van der Waals surface area contributed by atoms with Gasteiger partial charge in [0.25, 0.3) is 6.43 Å². The van der Waals surface area contributed by atoms with Crippen LogP contribution < -0.4 is 0 Å². The van der Waals surface area contributed by atoms with Gasteiger partial charge in [-0.3, -0.25) is 0 Å². The lowest BCUT2D eigenvalue weighted by atomic mass is 9.94. The van der Waals surface area contributed by atoms with Crippen molar-refractivity contribution in [1.29, 1.82) is 0 Å². The van der Waals surface area contributed by atoms with Gasteiger partial charge >= 0.3 is 0 Å². The van der Waals surface area contributed by atoms with Gasteiger partial charge < -0.3 is 5.11 Å². The SMILES string of the molecule is O=S1(=O)CCC(C(O)c2cccc(C(F)F)c2)C1. The molecule has 2 atom stereocenters. The van der Waals surface area contributed by atoms with Gasteiger partial charge in [0.05, 0.1) is 17.6 Å². The molecule has 0 radical (unpaired) electrons. The zero-order chi connectivity index (χ0) is 13.3. The zero-order valence-corrected chi connectivity index (χ0v) is 10.4. The third-order valence-electron chi connectivity index (χ3n) is 3.22. The Labute approximate surface area is 104 Å². The van der Waals surface area contributed by atoms with Crippen LogP contribution in [0.2, 0.25) is 0 Å². The minimum Gasteiger partial charge on any atom is -0.388 e. The minimum absolute atomic E-state index is 0.0588. The van der Waals surface area contributed by atoms with E-state index in [1.807, 2.05) is 0 Å². The van der Waals surface area contributed by atoms with Crippen LogP contribution in [-0.2, 0) is 9.84 Å². The first-order valence-corrected chi connectivity index (χ1v) is 7.48. The highest BCUT2D eigenvalue weighted by atomic mass is 32.2. The van der Waals surface area contributed by atoms with Crippen molar-refractivity contribution in [2.24, 2.45) is 5.92 Å². The summed E-state index contributed by atoms with van der Waals surface area (Å²) in [5.41, 5.74) is 0.197. The fraction of sp³-hybridized carbons (Fsp3) is 0.500. The van der Waals surface area contributed by atoms with Crippen LogP contribution in [-0.4, -0.2) is 25.0 Å². The maximum Gasteiger partial charge on any atom is 0.263 e. The van der Waals surface area contributed by atoms with Crippen molar-refractivity contribution in [1.82, 2.24) is 0 Å². The van der Waals surface area contributed by atoms with E-state index in [0.717, 1.165) is 0 Å². The van der Waals surface area contributed by atoms with E-state index in [2.05, 4.69) is 0 Å². The van der Waals surface area contributed by atoms with Crippen molar-refractivity contribution in [3.63, 3.8) is 0 Å². The summed E-state index contributed by atoms with van der Waals surface area (Å²) in [6.45, 7) is 0. The van der Waals surface area contributed by atoms with Crippen molar-refractivity contribution in [3.05, 3.63) is 35.4 Å². The van der Waals surface area contributed by atoms with Crippen LogP contribution >= 0.6 is 0 Å². The number of sulfone groups is 1. The smallest absolute Gasteiger partial charge is 0.263 e. The van der Waals surface area contributed by atoms with E-state index in [1.165, 1.54) is 18.2 Å². The van der Waals surface area contributed by atoms with E-state index >= 15 is 0 Å². The Kier molecular flexibility index (Phi) is 3.68. The first-order chi connectivity index (χ1) is 8.39. The molecule has 0 saturated carbocycles. The third-order valence-corrected chi connectivity index (χ3v) is 5.01. The highest BCUT2D eigenvalue weighted by molar-refractivity contribution is 7.91. The van der Waals surface area contributed by atoms with Crippen molar-refractivity contribution < 1.29 is 22.3 Å². The molecule has 1 N–H and O–H groups in total. The van der Waals surface area contributed by atoms with E-state index in [1.54, 1.807) is 6.07 Å². The normalized spacial score (nSPS) is 24.3. The van der Waals surface area contributed by atoms with Gasteiger partial charge in [-0.05, 0) is 18.1 Å². The maximum atomic E-state index is 12.5. The number of aliphatic hydroxyl groups is 1. The Hall–Kier alpha value is -1.01. The van der Waals surface area contributed by atoms with Gasteiger partial charge in [-0.25, -0.2) is 17.2 Å². The minimum atomic E-state index is -3.08. The van der Waals surface area contributed by atoms with Gasteiger partial charge in [-0.15, -0.1) is 0 Å². The van der Waals surface area contributed by atoms with Crippen molar-refractivity contribution in [2.45, 2.75) is 19.0 Å². The Morgan fingerprint density at radius 3 is 2.50 bits per heavy atom. The molecule has 0 aliphatic carbocycles. The predicted octanol–water partition coefficient (Wildman–Crippen LogP) is 2.09. The van der Waals surface area contributed by atoms with E-state index in [0.29, 0.717) is 12.0 Å². The third kappa shape index (κ3) is 2.87. The van der Waals surface area contributed by atoms with E-state index in [9.17, 15) is 22.3 Å². The Morgan fingerprint density at radius 2 is 1.94 bits per heavy atom. The molecule has 1 aliphatic rings. The Bertz CT molecular complexity index is 528. The van der Waals surface area contributed by atoms with E-state index in [4.69, 9.17) is 0 Å². The molecule has 100 valence electrons. The number of halogens is 2. The molecule has 2 rings (SSSR count). The molecule has 0 bridgehead atoms. The summed E-state index contributed by atoms with van der Waals surface area (Å²) < 4.78 is 47.7. The average molecular weight is 276 g/mol. The summed E-state index contributed by atoms with van der Waals surface area (Å²) in [6.07, 6.45) is -3.21. The summed E-state index contributed by atoms with van der Waals surface area (Å²) in [5.74, 6) is -0.418. The van der Waals surface area contributed by atoms with Crippen molar-refractivity contribution in [2.75, 3.05) is 11.5 Å². The fourth-order valence-corrected chi connectivity index (χ4v) is 4.05. The molecule has 6 heteroatoms. The molecule has 18 heavy (non-hydrogen) atoms. The second kappa shape index (κ2) is 4.93. The quantitative estimate of drug-likeness (QED) is 0.919. The molecular formula is C12H14F2O3S. The molecule has 0 amide bonds. The first-order valence-electron chi connectivity index (χ1n) is 5.65. The van der Waals surface area contributed by atoms with Crippen LogP contribution in [0.1, 0.15) is 30.1 Å². The molecule has 0 aromatic heterocycles. The van der Waals surface area contributed by atoms with Crippen molar-refractivity contribution in [3.8, 4) is 0 Å². The van der Waals surface area contributed by atoms with Gasteiger partial charge in [-0.2, -0.15) is 0 Å². The van der Waals surface area contributed by atoms with Crippen molar-refractivity contribution >= 4 is 9.84 Å². The molecule has 1 aromatic rings. The molecule has 1 aromatic carbocycles. The van der Waals surface area contributed by atoms with Crippen LogP contribution in [0.15, 0.2) is 24.3 Å². The molecule has 1 heterocycles. The zero-order valence-electron chi connectivity index (χ0n) is 9.59. The number of benzene rings is 1. The van der Waals surface area contributed by atoms with Crippen LogP contribution in [0.25, 0.3) is 0 Å². The van der Waals surface area contributed by atoms with Crippen LogP contribution in [0.3, 0.4) is 0 Å². The number of hydrogen-bond donors (Lipinski definition) is 1. The molecule has 2 unspecified atom stereocenters. The summed E-state index contributed by atoms with van der Waals surface area (Å²) in [5, 5.41) is 10.0. The molecular weight excluding hydrogens is 262 g/mol. The maximum absolute atomic E-state index is 12.5. The number of aliphatic hydroxyl groups excluding tert-OH is 1.